The topological polar surface area (TPSA) is 76.2 Å². The van der Waals surface area contributed by atoms with Gasteiger partial charge in [-0.25, -0.2) is 19.6 Å². The summed E-state index contributed by atoms with van der Waals surface area (Å²) < 4.78 is 0.934. The number of piperazine rings is 1. The molecule has 2 aromatic rings. The normalized spacial score (nSPS) is 20.5. The SMILES string of the molecule is CC(C)[C@H]1C(=O)N(Cc2cccc(Br)c2)C[C@H]2N1C(=O)N(C)N2C(=O)NCc1ccccc1. The number of amides is 5. The summed E-state index contributed by atoms with van der Waals surface area (Å²) in [7, 11) is 1.57. The van der Waals surface area contributed by atoms with Crippen LogP contribution in [0.1, 0.15) is 25.0 Å². The van der Waals surface area contributed by atoms with Crippen molar-refractivity contribution in [3.63, 3.8) is 0 Å². The van der Waals surface area contributed by atoms with Crippen molar-refractivity contribution in [2.45, 2.75) is 39.1 Å². The van der Waals surface area contributed by atoms with E-state index in [9.17, 15) is 14.4 Å². The van der Waals surface area contributed by atoms with Gasteiger partial charge in [-0.1, -0.05) is 72.2 Å². The second-order valence-corrected chi connectivity index (χ2v) is 9.64. The molecule has 0 radical (unpaired) electrons. The van der Waals surface area contributed by atoms with Crippen molar-refractivity contribution >= 4 is 33.9 Å². The number of hydrogen-bond acceptors (Lipinski definition) is 3. The van der Waals surface area contributed by atoms with Gasteiger partial charge in [0.05, 0.1) is 6.54 Å². The minimum atomic E-state index is -0.641. The highest BCUT2D eigenvalue weighted by atomic mass is 79.9. The molecule has 5 amide bonds. The Balaban J connectivity index is 1.59. The molecule has 33 heavy (non-hydrogen) atoms. The van der Waals surface area contributed by atoms with Crippen LogP contribution in [0.4, 0.5) is 9.59 Å². The molecule has 2 aromatic carbocycles. The molecule has 2 heterocycles. The zero-order chi connectivity index (χ0) is 23.7. The van der Waals surface area contributed by atoms with E-state index in [1.165, 1.54) is 10.0 Å². The number of benzene rings is 2. The second-order valence-electron chi connectivity index (χ2n) is 8.72. The summed E-state index contributed by atoms with van der Waals surface area (Å²) in [4.78, 5) is 43.1. The lowest BCUT2D eigenvalue weighted by atomic mass is 9.97. The van der Waals surface area contributed by atoms with Gasteiger partial charge in [-0.15, -0.1) is 0 Å². The number of hydrazine groups is 1. The van der Waals surface area contributed by atoms with Gasteiger partial charge in [0.25, 0.3) is 0 Å². The van der Waals surface area contributed by atoms with E-state index in [4.69, 9.17) is 0 Å². The Morgan fingerprint density at radius 3 is 2.45 bits per heavy atom. The number of halogens is 1. The maximum atomic E-state index is 13.4. The maximum Gasteiger partial charge on any atom is 0.341 e. The Morgan fingerprint density at radius 2 is 1.79 bits per heavy atom. The van der Waals surface area contributed by atoms with Gasteiger partial charge in [0.1, 0.15) is 12.2 Å². The minimum Gasteiger partial charge on any atom is -0.333 e. The Labute approximate surface area is 202 Å². The second kappa shape index (κ2) is 9.43. The van der Waals surface area contributed by atoms with Gasteiger partial charge in [0.2, 0.25) is 5.91 Å². The lowest BCUT2D eigenvalue weighted by Gasteiger charge is -2.44. The molecule has 0 spiro atoms. The molecule has 0 aliphatic carbocycles. The number of carbonyl (C=O) groups is 3. The van der Waals surface area contributed by atoms with E-state index in [1.807, 2.05) is 68.4 Å². The highest BCUT2D eigenvalue weighted by Crippen LogP contribution is 2.32. The van der Waals surface area contributed by atoms with Gasteiger partial charge >= 0.3 is 12.1 Å². The molecular weight excluding hydrogens is 486 g/mol. The van der Waals surface area contributed by atoms with Crippen LogP contribution in [0.25, 0.3) is 0 Å². The number of fused-ring (bicyclic) bond motifs is 1. The molecule has 2 atom stereocenters. The van der Waals surface area contributed by atoms with Gasteiger partial charge in [0, 0.05) is 24.6 Å². The predicted molar refractivity (Wildman–Crippen MR) is 127 cm³/mol. The molecule has 9 heteroatoms. The van der Waals surface area contributed by atoms with Crippen molar-refractivity contribution in [3.05, 3.63) is 70.2 Å². The Kier molecular flexibility index (Phi) is 6.60. The molecule has 0 bridgehead atoms. The summed E-state index contributed by atoms with van der Waals surface area (Å²) in [6.07, 6.45) is -0.574. The minimum absolute atomic E-state index is 0.102. The van der Waals surface area contributed by atoms with Crippen LogP contribution in [0.2, 0.25) is 0 Å². The summed E-state index contributed by atoms with van der Waals surface area (Å²) in [5, 5.41) is 5.66. The first-order valence-corrected chi connectivity index (χ1v) is 11.8. The van der Waals surface area contributed by atoms with Crippen molar-refractivity contribution in [1.82, 2.24) is 25.1 Å². The van der Waals surface area contributed by atoms with Crippen LogP contribution in [0.5, 0.6) is 0 Å². The van der Waals surface area contributed by atoms with Crippen LogP contribution in [0, 0.1) is 5.92 Å². The first-order chi connectivity index (χ1) is 15.8. The molecule has 2 aliphatic rings. The summed E-state index contributed by atoms with van der Waals surface area (Å²) >= 11 is 3.48. The van der Waals surface area contributed by atoms with Crippen LogP contribution < -0.4 is 5.32 Å². The number of carbonyl (C=O) groups excluding carboxylic acids is 3. The third kappa shape index (κ3) is 4.55. The standard InChI is InChI=1S/C24H28BrN5O3/c1-16(2)21-22(31)28(14-18-10-7-11-19(25)12-18)15-20-29(21)24(33)27(3)30(20)23(32)26-13-17-8-5-4-6-9-17/h4-12,16,20-21H,13-15H2,1-3H3,(H,26,32)/t20-,21-/m0/s1. The number of urea groups is 2. The average Bonchev–Trinajstić information content (AvgIpc) is 3.03. The van der Waals surface area contributed by atoms with Crippen molar-refractivity contribution < 1.29 is 14.4 Å². The number of hydrogen-bond donors (Lipinski definition) is 1. The van der Waals surface area contributed by atoms with E-state index in [0.29, 0.717) is 13.1 Å². The molecule has 8 nitrogen and oxygen atoms in total. The van der Waals surface area contributed by atoms with Gasteiger partial charge in [-0.05, 0) is 29.2 Å². The van der Waals surface area contributed by atoms with E-state index >= 15 is 0 Å². The van der Waals surface area contributed by atoms with E-state index in [2.05, 4.69) is 21.2 Å². The van der Waals surface area contributed by atoms with E-state index in [-0.39, 0.29) is 30.4 Å². The molecule has 0 unspecified atom stereocenters. The number of nitrogens with zero attached hydrogens (tertiary/aromatic N) is 4. The Bertz CT molecular complexity index is 1050. The molecule has 2 saturated heterocycles. The van der Waals surface area contributed by atoms with Gasteiger partial charge in [0.15, 0.2) is 0 Å². The molecule has 0 aromatic heterocycles. The third-order valence-electron chi connectivity index (χ3n) is 6.06. The average molecular weight is 514 g/mol. The Morgan fingerprint density at radius 1 is 1.09 bits per heavy atom. The highest BCUT2D eigenvalue weighted by Gasteiger charge is 2.55. The van der Waals surface area contributed by atoms with Gasteiger partial charge < -0.3 is 10.2 Å². The smallest absolute Gasteiger partial charge is 0.333 e. The lowest BCUT2D eigenvalue weighted by molar-refractivity contribution is -0.147. The van der Waals surface area contributed by atoms with E-state index in [0.717, 1.165) is 15.6 Å². The summed E-state index contributed by atoms with van der Waals surface area (Å²) in [5.41, 5.74) is 1.94. The summed E-state index contributed by atoms with van der Waals surface area (Å²) in [6, 6.07) is 16.0. The Hall–Kier alpha value is -3.07. The first-order valence-electron chi connectivity index (χ1n) is 11.0. The van der Waals surface area contributed by atoms with Crippen LogP contribution >= 0.6 is 15.9 Å². The largest absolute Gasteiger partial charge is 0.341 e. The molecule has 2 fully saturated rings. The predicted octanol–water partition coefficient (Wildman–Crippen LogP) is 3.64. The van der Waals surface area contributed by atoms with Crippen LogP contribution in [-0.2, 0) is 17.9 Å². The van der Waals surface area contributed by atoms with Crippen LogP contribution in [-0.4, -0.2) is 63.6 Å². The maximum absolute atomic E-state index is 13.4. The number of rotatable bonds is 5. The summed E-state index contributed by atoms with van der Waals surface area (Å²) in [6.45, 7) is 4.84. The molecule has 4 rings (SSSR count). The van der Waals surface area contributed by atoms with E-state index in [1.54, 1.807) is 16.8 Å². The fourth-order valence-corrected chi connectivity index (χ4v) is 4.94. The van der Waals surface area contributed by atoms with Crippen molar-refractivity contribution in [2.75, 3.05) is 13.6 Å². The lowest BCUT2D eigenvalue weighted by Crippen LogP contribution is -2.65. The quantitative estimate of drug-likeness (QED) is 0.662. The first kappa shape index (κ1) is 23.1. The molecular formula is C24H28BrN5O3. The van der Waals surface area contributed by atoms with Crippen molar-refractivity contribution in [1.29, 1.82) is 0 Å². The van der Waals surface area contributed by atoms with Gasteiger partial charge in [-0.2, -0.15) is 0 Å². The molecule has 0 saturated carbocycles. The fourth-order valence-electron chi connectivity index (χ4n) is 4.50. The number of nitrogens with one attached hydrogen (secondary N) is 1. The molecule has 174 valence electrons. The van der Waals surface area contributed by atoms with Crippen molar-refractivity contribution in [3.8, 4) is 0 Å². The van der Waals surface area contributed by atoms with E-state index < -0.39 is 12.2 Å². The van der Waals surface area contributed by atoms with Crippen molar-refractivity contribution in [2.24, 2.45) is 5.92 Å². The van der Waals surface area contributed by atoms with Crippen LogP contribution in [0.3, 0.4) is 0 Å². The summed E-state index contributed by atoms with van der Waals surface area (Å²) in [5.74, 6) is -0.204. The monoisotopic (exact) mass is 513 g/mol. The zero-order valence-corrected chi connectivity index (χ0v) is 20.5. The van der Waals surface area contributed by atoms with Crippen LogP contribution in [0.15, 0.2) is 59.1 Å². The zero-order valence-electron chi connectivity index (χ0n) is 18.9. The fraction of sp³-hybridized carbons (Fsp3) is 0.375. The highest BCUT2D eigenvalue weighted by molar-refractivity contribution is 9.10. The molecule has 2 aliphatic heterocycles. The molecule has 1 N–H and O–H groups in total. The third-order valence-corrected chi connectivity index (χ3v) is 6.55. The van der Waals surface area contributed by atoms with Gasteiger partial charge in [-0.3, -0.25) is 9.69 Å².